The van der Waals surface area contributed by atoms with Gasteiger partial charge in [0.1, 0.15) is 12.0 Å². The Morgan fingerprint density at radius 3 is 2.84 bits per heavy atom. The highest BCUT2D eigenvalue weighted by atomic mass is 32.1. The number of rotatable bonds is 6. The first kappa shape index (κ1) is 15.3. The molecule has 0 amide bonds. The van der Waals surface area contributed by atoms with Gasteiger partial charge in [-0.15, -0.1) is 0 Å². The van der Waals surface area contributed by atoms with E-state index in [0.29, 0.717) is 18.1 Å². The molecule has 0 saturated heterocycles. The minimum atomic E-state index is -0.423. The topological polar surface area (TPSA) is 97.4 Å². The third-order valence-corrected chi connectivity index (χ3v) is 4.49. The molecule has 9 heteroatoms. The molecule has 4 rings (SSSR count). The van der Waals surface area contributed by atoms with E-state index < -0.39 is 4.92 Å². The summed E-state index contributed by atoms with van der Waals surface area (Å²) in [5.41, 5.74) is 0.922. The van der Waals surface area contributed by atoms with Crippen molar-refractivity contribution in [2.24, 2.45) is 0 Å². The summed E-state index contributed by atoms with van der Waals surface area (Å²) in [6, 6.07) is 11.8. The fourth-order valence-electron chi connectivity index (χ4n) is 2.60. The maximum Gasteiger partial charge on any atom is 0.372 e. The largest absolute Gasteiger partial charge is 0.372 e. The average molecular weight is 354 g/mol. The van der Waals surface area contributed by atoms with Crippen molar-refractivity contribution in [1.82, 2.24) is 14.4 Å². The zero-order chi connectivity index (χ0) is 17.2. The molecule has 2 N–H and O–H groups in total. The van der Waals surface area contributed by atoms with Crippen LogP contribution >= 0.6 is 11.3 Å². The molecule has 0 atom stereocenters. The summed E-state index contributed by atoms with van der Waals surface area (Å²) in [4.78, 5) is 20.2. The molecule has 0 fully saturated rings. The number of thiazole rings is 1. The van der Waals surface area contributed by atoms with Gasteiger partial charge in [0.05, 0.1) is 5.52 Å². The molecule has 0 aliphatic rings. The van der Waals surface area contributed by atoms with Crippen molar-refractivity contribution in [2.45, 2.75) is 0 Å². The Morgan fingerprint density at radius 2 is 1.96 bits per heavy atom. The number of para-hydroxylation sites is 1. The van der Waals surface area contributed by atoms with E-state index in [2.05, 4.69) is 20.6 Å². The third-order valence-electron chi connectivity index (χ3n) is 3.73. The first-order chi connectivity index (χ1) is 12.2. The molecule has 3 heterocycles. The molecular formula is C16H14N6O2S. The highest BCUT2D eigenvalue weighted by Crippen LogP contribution is 2.27. The third kappa shape index (κ3) is 2.96. The summed E-state index contributed by atoms with van der Waals surface area (Å²) >= 11 is 1.36. The van der Waals surface area contributed by atoms with Crippen LogP contribution in [0, 0.1) is 10.1 Å². The lowest BCUT2D eigenvalue weighted by molar-refractivity contribution is -0.389. The normalized spacial score (nSPS) is 11.0. The maximum atomic E-state index is 11.3. The predicted octanol–water partition coefficient (Wildman–Crippen LogP) is 3.38. The van der Waals surface area contributed by atoms with Crippen molar-refractivity contribution in [3.05, 3.63) is 58.1 Å². The number of pyridine rings is 1. The van der Waals surface area contributed by atoms with Gasteiger partial charge in [0, 0.05) is 23.9 Å². The van der Waals surface area contributed by atoms with Gasteiger partial charge in [-0.1, -0.05) is 29.5 Å². The summed E-state index contributed by atoms with van der Waals surface area (Å²) < 4.78 is 1.48. The number of imidazole rings is 1. The van der Waals surface area contributed by atoms with Crippen LogP contribution in [0.1, 0.15) is 0 Å². The average Bonchev–Trinajstić information content (AvgIpc) is 3.19. The summed E-state index contributed by atoms with van der Waals surface area (Å²) in [6.45, 7) is 1.05. The Bertz CT molecular complexity index is 1060. The number of benzene rings is 1. The number of hydrogen-bond donors (Lipinski definition) is 2. The highest BCUT2D eigenvalue weighted by molar-refractivity contribution is 7.15. The Morgan fingerprint density at radius 1 is 1.12 bits per heavy atom. The Labute approximate surface area is 146 Å². The first-order valence-corrected chi connectivity index (χ1v) is 8.54. The second kappa shape index (κ2) is 6.36. The van der Waals surface area contributed by atoms with Gasteiger partial charge < -0.3 is 20.7 Å². The van der Waals surface area contributed by atoms with E-state index in [-0.39, 0.29) is 11.6 Å². The van der Waals surface area contributed by atoms with Crippen LogP contribution in [0.25, 0.3) is 15.9 Å². The minimum absolute atomic E-state index is 0.0416. The van der Waals surface area contributed by atoms with Crippen molar-refractivity contribution in [2.75, 3.05) is 23.7 Å². The molecule has 4 aromatic rings. The van der Waals surface area contributed by atoms with Crippen LogP contribution in [0.4, 0.5) is 17.5 Å². The van der Waals surface area contributed by atoms with Gasteiger partial charge in [-0.3, -0.25) is 0 Å². The smallest absolute Gasteiger partial charge is 0.368 e. The molecule has 1 aromatic carbocycles. The van der Waals surface area contributed by atoms with Crippen LogP contribution in [0.2, 0.25) is 0 Å². The number of hydrogen-bond acceptors (Lipinski definition) is 7. The van der Waals surface area contributed by atoms with Crippen LogP contribution in [0.15, 0.2) is 48.0 Å². The fourth-order valence-corrected chi connectivity index (χ4v) is 3.31. The molecule has 0 saturated carbocycles. The number of nitro groups is 1. The number of nitrogens with zero attached hydrogens (tertiary/aromatic N) is 4. The van der Waals surface area contributed by atoms with Crippen LogP contribution in [-0.4, -0.2) is 32.4 Å². The summed E-state index contributed by atoms with van der Waals surface area (Å²) in [5, 5.41) is 20.3. The summed E-state index contributed by atoms with van der Waals surface area (Å²) in [5.74, 6) is 1.01. The molecule has 0 bridgehead atoms. The van der Waals surface area contributed by atoms with E-state index in [9.17, 15) is 10.1 Å². The monoisotopic (exact) mass is 354 g/mol. The van der Waals surface area contributed by atoms with Crippen molar-refractivity contribution in [1.29, 1.82) is 0 Å². The Balaban J connectivity index is 1.41. The molecule has 0 aliphatic heterocycles. The molecule has 3 aromatic heterocycles. The van der Waals surface area contributed by atoms with Crippen molar-refractivity contribution in [3.63, 3.8) is 0 Å². The second-order valence-corrected chi connectivity index (χ2v) is 6.21. The highest BCUT2D eigenvalue weighted by Gasteiger charge is 2.22. The molecule has 0 spiro atoms. The number of fused-ring (bicyclic) bond motifs is 2. The number of aromatic nitrogens is 3. The SMILES string of the molecule is O=[N+]([O-])c1c(NCCNc2ccc3ccccc3n2)nc2sccn12. The van der Waals surface area contributed by atoms with Gasteiger partial charge >= 0.3 is 5.82 Å². The van der Waals surface area contributed by atoms with E-state index >= 15 is 0 Å². The Hall–Kier alpha value is -3.20. The second-order valence-electron chi connectivity index (χ2n) is 5.34. The van der Waals surface area contributed by atoms with Gasteiger partial charge in [-0.2, -0.15) is 9.38 Å². The van der Waals surface area contributed by atoms with Gasteiger partial charge in [-0.25, -0.2) is 4.98 Å². The van der Waals surface area contributed by atoms with Crippen molar-refractivity contribution < 1.29 is 4.92 Å². The zero-order valence-electron chi connectivity index (χ0n) is 13.0. The van der Waals surface area contributed by atoms with Crippen LogP contribution in [0.3, 0.4) is 0 Å². The fraction of sp³-hybridized carbons (Fsp3) is 0.125. The molecule has 0 radical (unpaired) electrons. The predicted molar refractivity (Wildman–Crippen MR) is 98.4 cm³/mol. The maximum absolute atomic E-state index is 11.3. The van der Waals surface area contributed by atoms with Gasteiger partial charge in [0.2, 0.25) is 5.82 Å². The van der Waals surface area contributed by atoms with Crippen LogP contribution in [-0.2, 0) is 0 Å². The molecule has 25 heavy (non-hydrogen) atoms. The summed E-state index contributed by atoms with van der Waals surface area (Å²) in [6.07, 6.45) is 1.65. The molecule has 8 nitrogen and oxygen atoms in total. The lowest BCUT2D eigenvalue weighted by atomic mass is 10.2. The zero-order valence-corrected chi connectivity index (χ0v) is 13.9. The molecular weight excluding hydrogens is 340 g/mol. The molecule has 126 valence electrons. The van der Waals surface area contributed by atoms with Crippen molar-refractivity contribution in [3.8, 4) is 0 Å². The molecule has 0 unspecified atom stereocenters. The number of nitrogens with one attached hydrogen (secondary N) is 2. The lowest BCUT2D eigenvalue weighted by Gasteiger charge is -2.07. The van der Waals surface area contributed by atoms with Gasteiger partial charge in [-0.05, 0) is 23.1 Å². The van der Waals surface area contributed by atoms with E-state index in [1.807, 2.05) is 36.4 Å². The lowest BCUT2D eigenvalue weighted by Crippen LogP contribution is -2.15. The number of anilines is 2. The summed E-state index contributed by atoms with van der Waals surface area (Å²) in [7, 11) is 0. The van der Waals surface area contributed by atoms with Crippen molar-refractivity contribution >= 4 is 44.7 Å². The van der Waals surface area contributed by atoms with Crippen LogP contribution < -0.4 is 10.6 Å². The Kier molecular flexibility index (Phi) is 3.90. The van der Waals surface area contributed by atoms with E-state index in [1.54, 1.807) is 11.6 Å². The minimum Gasteiger partial charge on any atom is -0.368 e. The quantitative estimate of drug-likeness (QED) is 0.313. The van der Waals surface area contributed by atoms with E-state index in [4.69, 9.17) is 0 Å². The van der Waals surface area contributed by atoms with E-state index in [0.717, 1.165) is 16.7 Å². The van der Waals surface area contributed by atoms with Gasteiger partial charge in [0.25, 0.3) is 4.96 Å². The standard InChI is InChI=1S/C16H14N6O2S/c23-22(24)15-14(20-16-21(15)9-10-25-16)18-8-7-17-13-6-5-11-3-1-2-4-12(11)19-13/h1-6,9-10,18H,7-8H2,(H,17,19). The van der Waals surface area contributed by atoms with E-state index in [1.165, 1.54) is 15.7 Å². The van der Waals surface area contributed by atoms with Gasteiger partial charge in [0.15, 0.2) is 0 Å². The molecule has 0 aliphatic carbocycles. The van der Waals surface area contributed by atoms with Crippen LogP contribution in [0.5, 0.6) is 0 Å². The first-order valence-electron chi connectivity index (χ1n) is 7.66.